The van der Waals surface area contributed by atoms with E-state index in [1.165, 1.54) is 25.3 Å². The molecule has 1 heterocycles. The number of H-pyrrole nitrogens is 1. The Morgan fingerprint density at radius 1 is 1.47 bits per heavy atom. The van der Waals surface area contributed by atoms with Crippen LogP contribution in [0.2, 0.25) is 0 Å². The number of carbonyl (C=O) groups is 1. The minimum Gasteiger partial charge on any atom is -0.389 e. The summed E-state index contributed by atoms with van der Waals surface area (Å²) in [5.74, 6) is -0.257. The van der Waals surface area contributed by atoms with E-state index in [4.69, 9.17) is 0 Å². The molecular formula is C13H14FNO3S. The standard InChI is InChI=1S/C13H14FNO3S/c1-7(16)19-6-12(17)13(18)10-5-15-11-4-8(14)2-3-9(10)11/h2-5,12-13,15,17-18H,6H2,1H3. The van der Waals surface area contributed by atoms with Crippen LogP contribution in [0.1, 0.15) is 18.6 Å². The summed E-state index contributed by atoms with van der Waals surface area (Å²) in [6.45, 7) is 1.40. The fraction of sp³-hybridized carbons (Fsp3) is 0.308. The predicted octanol–water partition coefficient (Wildman–Crippen LogP) is 1.98. The highest BCUT2D eigenvalue weighted by Gasteiger charge is 2.22. The van der Waals surface area contributed by atoms with Crippen LogP contribution in [0.15, 0.2) is 24.4 Å². The average molecular weight is 283 g/mol. The summed E-state index contributed by atoms with van der Waals surface area (Å²) in [5.41, 5.74) is 1.05. The second-order valence-electron chi connectivity index (χ2n) is 4.25. The van der Waals surface area contributed by atoms with Gasteiger partial charge in [0.25, 0.3) is 0 Å². The van der Waals surface area contributed by atoms with Crippen molar-refractivity contribution in [3.05, 3.63) is 35.8 Å². The van der Waals surface area contributed by atoms with E-state index in [1.807, 2.05) is 0 Å². The first-order valence-electron chi connectivity index (χ1n) is 5.75. The number of thioether (sulfide) groups is 1. The lowest BCUT2D eigenvalue weighted by molar-refractivity contribution is -0.109. The molecule has 0 saturated carbocycles. The number of aliphatic hydroxyl groups is 2. The molecule has 0 spiro atoms. The Bertz CT molecular complexity index is 599. The molecule has 0 bridgehead atoms. The van der Waals surface area contributed by atoms with Crippen LogP contribution in [-0.2, 0) is 4.79 Å². The molecule has 0 radical (unpaired) electrons. The molecule has 0 amide bonds. The fourth-order valence-electron chi connectivity index (χ4n) is 1.87. The molecule has 19 heavy (non-hydrogen) atoms. The van der Waals surface area contributed by atoms with Gasteiger partial charge in [0.05, 0.1) is 6.10 Å². The number of halogens is 1. The van der Waals surface area contributed by atoms with E-state index in [0.29, 0.717) is 16.5 Å². The summed E-state index contributed by atoms with van der Waals surface area (Å²) >= 11 is 0.954. The van der Waals surface area contributed by atoms with Crippen molar-refractivity contribution in [2.75, 3.05) is 5.75 Å². The molecule has 102 valence electrons. The Hall–Kier alpha value is -1.37. The number of rotatable bonds is 4. The molecule has 6 heteroatoms. The highest BCUT2D eigenvalue weighted by Crippen LogP contribution is 2.28. The molecule has 0 aliphatic heterocycles. The zero-order chi connectivity index (χ0) is 14.0. The molecule has 0 fully saturated rings. The second-order valence-corrected chi connectivity index (χ2v) is 5.45. The van der Waals surface area contributed by atoms with Gasteiger partial charge in [-0.2, -0.15) is 0 Å². The van der Waals surface area contributed by atoms with E-state index in [0.717, 1.165) is 11.8 Å². The number of hydrogen-bond acceptors (Lipinski definition) is 4. The summed E-state index contributed by atoms with van der Waals surface area (Å²) in [6, 6.07) is 4.16. The Morgan fingerprint density at radius 2 is 2.21 bits per heavy atom. The normalized spacial score (nSPS) is 14.5. The van der Waals surface area contributed by atoms with E-state index < -0.39 is 12.2 Å². The van der Waals surface area contributed by atoms with Gasteiger partial charge in [0.1, 0.15) is 11.9 Å². The van der Waals surface area contributed by atoms with Gasteiger partial charge in [-0.05, 0) is 18.2 Å². The van der Waals surface area contributed by atoms with Crippen molar-refractivity contribution in [1.29, 1.82) is 0 Å². The minimum absolute atomic E-state index is 0.115. The van der Waals surface area contributed by atoms with Gasteiger partial charge in [0.2, 0.25) is 0 Å². The lowest BCUT2D eigenvalue weighted by atomic mass is 10.0. The highest BCUT2D eigenvalue weighted by atomic mass is 32.2. The Balaban J connectivity index is 2.21. The van der Waals surface area contributed by atoms with Crippen molar-refractivity contribution in [1.82, 2.24) is 4.98 Å². The first-order valence-corrected chi connectivity index (χ1v) is 6.73. The number of benzene rings is 1. The van der Waals surface area contributed by atoms with Gasteiger partial charge in [-0.1, -0.05) is 11.8 Å². The third-order valence-electron chi connectivity index (χ3n) is 2.82. The summed E-state index contributed by atoms with van der Waals surface area (Å²) < 4.78 is 13.0. The van der Waals surface area contributed by atoms with Crippen LogP contribution in [0.3, 0.4) is 0 Å². The monoisotopic (exact) mass is 283 g/mol. The zero-order valence-corrected chi connectivity index (χ0v) is 11.1. The summed E-state index contributed by atoms with van der Waals surface area (Å²) in [7, 11) is 0. The molecule has 4 nitrogen and oxygen atoms in total. The molecule has 2 aromatic rings. The van der Waals surface area contributed by atoms with Crippen LogP contribution in [0.5, 0.6) is 0 Å². The maximum atomic E-state index is 13.0. The van der Waals surface area contributed by atoms with Crippen molar-refractivity contribution < 1.29 is 19.4 Å². The van der Waals surface area contributed by atoms with E-state index in [-0.39, 0.29) is 16.7 Å². The molecule has 3 N–H and O–H groups in total. The van der Waals surface area contributed by atoms with Crippen molar-refractivity contribution in [3.63, 3.8) is 0 Å². The van der Waals surface area contributed by atoms with Crippen molar-refractivity contribution in [2.45, 2.75) is 19.1 Å². The number of fused-ring (bicyclic) bond motifs is 1. The van der Waals surface area contributed by atoms with Crippen LogP contribution in [0.25, 0.3) is 10.9 Å². The summed E-state index contributed by atoms with van der Waals surface area (Å²) in [6.07, 6.45) is -0.639. The van der Waals surface area contributed by atoms with E-state index in [1.54, 1.807) is 6.07 Å². The van der Waals surface area contributed by atoms with Gasteiger partial charge in [-0.25, -0.2) is 4.39 Å². The minimum atomic E-state index is -1.12. The van der Waals surface area contributed by atoms with Gasteiger partial charge in [0, 0.05) is 35.3 Å². The average Bonchev–Trinajstić information content (AvgIpc) is 2.77. The SMILES string of the molecule is CC(=O)SCC(O)C(O)c1c[nH]c2cc(F)ccc12. The van der Waals surface area contributed by atoms with E-state index in [9.17, 15) is 19.4 Å². The smallest absolute Gasteiger partial charge is 0.185 e. The maximum Gasteiger partial charge on any atom is 0.185 e. The molecule has 2 rings (SSSR count). The number of aromatic nitrogens is 1. The van der Waals surface area contributed by atoms with E-state index in [2.05, 4.69) is 4.98 Å². The van der Waals surface area contributed by atoms with Crippen molar-refractivity contribution in [3.8, 4) is 0 Å². The van der Waals surface area contributed by atoms with Crippen LogP contribution >= 0.6 is 11.8 Å². The van der Waals surface area contributed by atoms with Crippen molar-refractivity contribution >= 4 is 27.8 Å². The van der Waals surface area contributed by atoms with Gasteiger partial charge < -0.3 is 15.2 Å². The Labute approximate surface area is 113 Å². The van der Waals surface area contributed by atoms with Gasteiger partial charge in [-0.15, -0.1) is 0 Å². The molecular weight excluding hydrogens is 269 g/mol. The molecule has 2 atom stereocenters. The van der Waals surface area contributed by atoms with Gasteiger partial charge in [-0.3, -0.25) is 4.79 Å². The summed E-state index contributed by atoms with van der Waals surface area (Å²) in [5, 5.41) is 20.4. The summed E-state index contributed by atoms with van der Waals surface area (Å²) in [4.78, 5) is 13.7. The van der Waals surface area contributed by atoms with Crippen LogP contribution < -0.4 is 0 Å². The Morgan fingerprint density at radius 3 is 2.89 bits per heavy atom. The predicted molar refractivity (Wildman–Crippen MR) is 72.4 cm³/mol. The Kier molecular flexibility index (Phi) is 4.24. The highest BCUT2D eigenvalue weighted by molar-refractivity contribution is 8.13. The number of aliphatic hydroxyl groups excluding tert-OH is 2. The number of nitrogens with one attached hydrogen (secondary N) is 1. The maximum absolute atomic E-state index is 13.0. The molecule has 0 aliphatic rings. The molecule has 1 aromatic heterocycles. The molecule has 2 unspecified atom stereocenters. The third kappa shape index (κ3) is 3.15. The van der Waals surface area contributed by atoms with Gasteiger partial charge in [0.15, 0.2) is 5.12 Å². The number of hydrogen-bond donors (Lipinski definition) is 3. The van der Waals surface area contributed by atoms with E-state index >= 15 is 0 Å². The van der Waals surface area contributed by atoms with Crippen LogP contribution in [0.4, 0.5) is 4.39 Å². The number of aromatic amines is 1. The largest absolute Gasteiger partial charge is 0.389 e. The zero-order valence-electron chi connectivity index (χ0n) is 10.3. The van der Waals surface area contributed by atoms with Crippen LogP contribution in [0, 0.1) is 5.82 Å². The second kappa shape index (κ2) is 5.73. The lowest BCUT2D eigenvalue weighted by Crippen LogP contribution is -2.21. The number of carbonyl (C=O) groups excluding carboxylic acids is 1. The third-order valence-corrected chi connectivity index (χ3v) is 3.73. The molecule has 0 saturated heterocycles. The molecule has 0 aliphatic carbocycles. The quantitative estimate of drug-likeness (QED) is 0.802. The lowest BCUT2D eigenvalue weighted by Gasteiger charge is -2.16. The first-order chi connectivity index (χ1) is 8.99. The first kappa shape index (κ1) is 14.0. The molecule has 1 aromatic carbocycles. The van der Waals surface area contributed by atoms with Crippen molar-refractivity contribution in [2.24, 2.45) is 0 Å². The fourth-order valence-corrected chi connectivity index (χ4v) is 2.45. The van der Waals surface area contributed by atoms with Gasteiger partial charge >= 0.3 is 0 Å². The topological polar surface area (TPSA) is 73.3 Å². The van der Waals surface area contributed by atoms with Crippen LogP contribution in [-0.4, -0.2) is 32.2 Å².